The third-order valence-electron chi connectivity index (χ3n) is 2.26. The second kappa shape index (κ2) is 5.35. The van der Waals surface area contributed by atoms with Gasteiger partial charge in [0.2, 0.25) is 10.0 Å². The highest BCUT2D eigenvalue weighted by Crippen LogP contribution is 2.28. The third kappa shape index (κ3) is 3.09. The molecule has 0 amide bonds. The second-order valence-electron chi connectivity index (χ2n) is 3.48. The molecule has 1 aromatic rings. The molecular formula is C10H16N2O4S. The Bertz CT molecular complexity index is 499. The highest BCUT2D eigenvalue weighted by atomic mass is 32.2. The Morgan fingerprint density at radius 1 is 1.47 bits per heavy atom. The van der Waals surface area contributed by atoms with Gasteiger partial charge < -0.3 is 15.6 Å². The van der Waals surface area contributed by atoms with Crippen LogP contribution in [0.1, 0.15) is 5.56 Å². The quantitative estimate of drug-likeness (QED) is 0.639. The summed E-state index contributed by atoms with van der Waals surface area (Å²) in [5, 5.41) is 8.60. The highest BCUT2D eigenvalue weighted by Gasteiger charge is 2.16. The average Bonchev–Trinajstić information content (AvgIpc) is 2.29. The molecule has 0 aliphatic heterocycles. The predicted molar refractivity (Wildman–Crippen MR) is 64.4 cm³/mol. The van der Waals surface area contributed by atoms with Gasteiger partial charge in [-0.2, -0.15) is 0 Å². The van der Waals surface area contributed by atoms with Gasteiger partial charge in [-0.15, -0.1) is 0 Å². The number of hydrogen-bond donors (Lipinski definition) is 3. The van der Waals surface area contributed by atoms with Gasteiger partial charge >= 0.3 is 0 Å². The number of sulfonamides is 1. The van der Waals surface area contributed by atoms with E-state index in [-0.39, 0.29) is 18.0 Å². The van der Waals surface area contributed by atoms with Gasteiger partial charge in [0.05, 0.1) is 24.3 Å². The van der Waals surface area contributed by atoms with Crippen LogP contribution in [0, 0.1) is 6.92 Å². The van der Waals surface area contributed by atoms with E-state index in [0.717, 1.165) is 0 Å². The van der Waals surface area contributed by atoms with Crippen LogP contribution >= 0.6 is 0 Å². The van der Waals surface area contributed by atoms with Gasteiger partial charge in [-0.3, -0.25) is 0 Å². The van der Waals surface area contributed by atoms with Crippen molar-refractivity contribution in [2.45, 2.75) is 11.8 Å². The molecule has 0 unspecified atom stereocenters. The maximum atomic E-state index is 11.8. The highest BCUT2D eigenvalue weighted by molar-refractivity contribution is 7.89. The number of benzene rings is 1. The fourth-order valence-electron chi connectivity index (χ4n) is 1.32. The molecule has 0 radical (unpaired) electrons. The van der Waals surface area contributed by atoms with Crippen LogP contribution in [0.15, 0.2) is 17.0 Å². The van der Waals surface area contributed by atoms with Crippen molar-refractivity contribution in [1.82, 2.24) is 4.72 Å². The molecule has 17 heavy (non-hydrogen) atoms. The largest absolute Gasteiger partial charge is 0.495 e. The van der Waals surface area contributed by atoms with Crippen molar-refractivity contribution in [2.75, 3.05) is 26.0 Å². The van der Waals surface area contributed by atoms with Crippen LogP contribution in [-0.4, -0.2) is 33.8 Å². The standard InChI is InChI=1S/C10H16N2O4S/c1-7-5-8(6-9(16-2)10(7)11)17(14,15)12-3-4-13/h5-6,12-13H,3-4,11H2,1-2H3. The maximum absolute atomic E-state index is 11.8. The lowest BCUT2D eigenvalue weighted by Crippen LogP contribution is -2.26. The molecule has 0 aliphatic rings. The maximum Gasteiger partial charge on any atom is 0.240 e. The molecule has 1 aromatic carbocycles. The fraction of sp³-hybridized carbons (Fsp3) is 0.400. The molecular weight excluding hydrogens is 244 g/mol. The second-order valence-corrected chi connectivity index (χ2v) is 5.24. The topological polar surface area (TPSA) is 102 Å². The van der Waals surface area contributed by atoms with Crippen molar-refractivity contribution in [2.24, 2.45) is 0 Å². The van der Waals surface area contributed by atoms with Crippen LogP contribution in [0.25, 0.3) is 0 Å². The zero-order valence-corrected chi connectivity index (χ0v) is 10.5. The SMILES string of the molecule is COc1cc(S(=O)(=O)NCCO)cc(C)c1N. The Labute approximate surface area is 100 Å². The Kier molecular flexibility index (Phi) is 4.33. The summed E-state index contributed by atoms with van der Waals surface area (Å²) in [6.07, 6.45) is 0. The molecule has 4 N–H and O–H groups in total. The first-order valence-electron chi connectivity index (χ1n) is 4.97. The van der Waals surface area contributed by atoms with Gasteiger partial charge in [-0.25, -0.2) is 13.1 Å². The number of anilines is 1. The number of methoxy groups -OCH3 is 1. The summed E-state index contributed by atoms with van der Waals surface area (Å²) in [6.45, 7) is 1.40. The van der Waals surface area contributed by atoms with Gasteiger partial charge in [0, 0.05) is 12.6 Å². The molecule has 0 aromatic heterocycles. The van der Waals surface area contributed by atoms with Crippen LogP contribution in [0.5, 0.6) is 5.75 Å². The van der Waals surface area contributed by atoms with Crippen LogP contribution in [0.2, 0.25) is 0 Å². The van der Waals surface area contributed by atoms with E-state index in [9.17, 15) is 8.42 Å². The smallest absolute Gasteiger partial charge is 0.240 e. The number of aliphatic hydroxyl groups excluding tert-OH is 1. The zero-order chi connectivity index (χ0) is 13.1. The normalized spacial score (nSPS) is 11.5. The minimum Gasteiger partial charge on any atom is -0.495 e. The first-order valence-corrected chi connectivity index (χ1v) is 6.45. The van der Waals surface area contributed by atoms with Crippen molar-refractivity contribution in [1.29, 1.82) is 0 Å². The first kappa shape index (κ1) is 13.8. The first-order chi connectivity index (χ1) is 7.92. The molecule has 7 heteroatoms. The summed E-state index contributed by atoms with van der Waals surface area (Å²) < 4.78 is 30.9. The lowest BCUT2D eigenvalue weighted by molar-refractivity contribution is 0.301. The van der Waals surface area contributed by atoms with Crippen molar-refractivity contribution < 1.29 is 18.3 Å². The summed E-state index contributed by atoms with van der Waals surface area (Å²) in [6, 6.07) is 2.81. The third-order valence-corrected chi connectivity index (χ3v) is 3.70. The van der Waals surface area contributed by atoms with Gasteiger partial charge in [0.1, 0.15) is 5.75 Å². The Hall–Kier alpha value is -1.31. The molecule has 0 aliphatic carbocycles. The number of aryl methyl sites for hydroxylation is 1. The lowest BCUT2D eigenvalue weighted by atomic mass is 10.2. The van der Waals surface area contributed by atoms with E-state index in [1.54, 1.807) is 6.92 Å². The summed E-state index contributed by atoms with van der Waals surface area (Å²) in [5.41, 5.74) is 6.76. The molecule has 6 nitrogen and oxygen atoms in total. The van der Waals surface area contributed by atoms with Crippen molar-refractivity contribution in [3.63, 3.8) is 0 Å². The van der Waals surface area contributed by atoms with Crippen LogP contribution in [0.3, 0.4) is 0 Å². The monoisotopic (exact) mass is 260 g/mol. The summed E-state index contributed by atoms with van der Waals surface area (Å²) in [7, 11) is -2.22. The van der Waals surface area contributed by atoms with Crippen LogP contribution < -0.4 is 15.2 Å². The van der Waals surface area contributed by atoms with E-state index in [2.05, 4.69) is 4.72 Å². The number of hydrogen-bond acceptors (Lipinski definition) is 5. The van der Waals surface area contributed by atoms with Gasteiger partial charge in [0.15, 0.2) is 0 Å². The van der Waals surface area contributed by atoms with E-state index < -0.39 is 10.0 Å². The molecule has 0 heterocycles. The van der Waals surface area contributed by atoms with Crippen LogP contribution in [-0.2, 0) is 10.0 Å². The van der Waals surface area contributed by atoms with Crippen molar-refractivity contribution in [3.05, 3.63) is 17.7 Å². The number of nitrogens with one attached hydrogen (secondary N) is 1. The molecule has 96 valence electrons. The van der Waals surface area contributed by atoms with Crippen molar-refractivity contribution in [3.8, 4) is 5.75 Å². The molecule has 0 fully saturated rings. The lowest BCUT2D eigenvalue weighted by Gasteiger charge is -2.11. The minimum atomic E-state index is -3.64. The summed E-state index contributed by atoms with van der Waals surface area (Å²) in [5.74, 6) is 0.314. The van der Waals surface area contributed by atoms with Gasteiger partial charge in [0.25, 0.3) is 0 Å². The van der Waals surface area contributed by atoms with E-state index in [1.807, 2.05) is 0 Å². The molecule has 0 saturated carbocycles. The number of aliphatic hydroxyl groups is 1. The average molecular weight is 260 g/mol. The van der Waals surface area contributed by atoms with E-state index in [0.29, 0.717) is 17.0 Å². The van der Waals surface area contributed by atoms with E-state index in [1.165, 1.54) is 19.2 Å². The minimum absolute atomic E-state index is 0.0337. The Balaban J connectivity index is 3.19. The Morgan fingerprint density at radius 3 is 2.65 bits per heavy atom. The summed E-state index contributed by atoms with van der Waals surface area (Å²) >= 11 is 0. The number of nitrogen functional groups attached to an aromatic ring is 1. The molecule has 0 saturated heterocycles. The number of rotatable bonds is 5. The number of nitrogens with two attached hydrogens (primary N) is 1. The van der Waals surface area contributed by atoms with Gasteiger partial charge in [-0.05, 0) is 18.6 Å². The molecule has 0 spiro atoms. The van der Waals surface area contributed by atoms with Gasteiger partial charge in [-0.1, -0.05) is 0 Å². The molecule has 0 bridgehead atoms. The van der Waals surface area contributed by atoms with Crippen LogP contribution in [0.4, 0.5) is 5.69 Å². The predicted octanol–water partition coefficient (Wildman–Crippen LogP) is -0.144. The fourth-order valence-corrected chi connectivity index (χ4v) is 2.44. The zero-order valence-electron chi connectivity index (χ0n) is 9.73. The van der Waals surface area contributed by atoms with E-state index in [4.69, 9.17) is 15.6 Å². The summed E-state index contributed by atoms with van der Waals surface area (Å²) in [4.78, 5) is 0.0644. The Morgan fingerprint density at radius 2 is 2.12 bits per heavy atom. The van der Waals surface area contributed by atoms with Crippen molar-refractivity contribution >= 4 is 15.7 Å². The molecule has 0 atom stereocenters. The number of ether oxygens (including phenoxy) is 1. The van der Waals surface area contributed by atoms with E-state index >= 15 is 0 Å². The molecule has 1 rings (SSSR count).